The summed E-state index contributed by atoms with van der Waals surface area (Å²) in [5, 5.41) is 7.65. The van der Waals surface area contributed by atoms with E-state index >= 15 is 0 Å². The summed E-state index contributed by atoms with van der Waals surface area (Å²) < 4.78 is 0. The van der Waals surface area contributed by atoms with E-state index in [-0.39, 0.29) is 36.7 Å². The fourth-order valence-electron chi connectivity index (χ4n) is 2.20. The number of carbonyl (C=O) groups is 2. The molecule has 0 fully saturated rings. The van der Waals surface area contributed by atoms with E-state index in [0.717, 1.165) is 16.3 Å². The Morgan fingerprint density at radius 1 is 1.04 bits per heavy atom. The second-order valence-corrected chi connectivity index (χ2v) is 5.95. The third-order valence-electron chi connectivity index (χ3n) is 3.75. The fraction of sp³-hybridized carbons (Fsp3) is 0.333. The van der Waals surface area contributed by atoms with E-state index in [9.17, 15) is 9.59 Å². The van der Waals surface area contributed by atoms with Gasteiger partial charge in [-0.05, 0) is 28.3 Å². The SMILES string of the molecule is CC(C)[C@H](N)C(=O)NCC(=O)NCc1ccc2ccccc2c1.Cl. The number of fused-ring (bicyclic) bond motifs is 1. The highest BCUT2D eigenvalue weighted by molar-refractivity contribution is 5.87. The van der Waals surface area contributed by atoms with Gasteiger partial charge in [0, 0.05) is 6.54 Å². The van der Waals surface area contributed by atoms with Gasteiger partial charge in [-0.2, -0.15) is 0 Å². The van der Waals surface area contributed by atoms with Crippen LogP contribution in [0.15, 0.2) is 42.5 Å². The molecule has 0 bridgehead atoms. The van der Waals surface area contributed by atoms with Crippen molar-refractivity contribution >= 4 is 35.0 Å². The van der Waals surface area contributed by atoms with Gasteiger partial charge in [-0.25, -0.2) is 0 Å². The molecule has 0 unspecified atom stereocenters. The van der Waals surface area contributed by atoms with Crippen molar-refractivity contribution in [2.45, 2.75) is 26.4 Å². The predicted molar refractivity (Wildman–Crippen MR) is 98.9 cm³/mol. The van der Waals surface area contributed by atoms with Crippen LogP contribution in [0, 0.1) is 5.92 Å². The lowest BCUT2D eigenvalue weighted by molar-refractivity contribution is -0.127. The molecule has 6 heteroatoms. The highest BCUT2D eigenvalue weighted by Crippen LogP contribution is 2.15. The third kappa shape index (κ3) is 5.51. The monoisotopic (exact) mass is 349 g/mol. The lowest BCUT2D eigenvalue weighted by Gasteiger charge is -2.15. The quantitative estimate of drug-likeness (QED) is 0.745. The maximum Gasteiger partial charge on any atom is 0.239 e. The maximum absolute atomic E-state index is 11.8. The van der Waals surface area contributed by atoms with Crippen molar-refractivity contribution in [2.75, 3.05) is 6.54 Å². The number of carbonyl (C=O) groups excluding carboxylic acids is 2. The Morgan fingerprint density at radius 2 is 1.71 bits per heavy atom. The summed E-state index contributed by atoms with van der Waals surface area (Å²) in [5.74, 6) is -0.501. The zero-order valence-corrected chi connectivity index (χ0v) is 14.7. The van der Waals surface area contributed by atoms with Crippen LogP contribution in [0.4, 0.5) is 0 Å². The summed E-state index contributed by atoms with van der Waals surface area (Å²) in [4.78, 5) is 23.5. The van der Waals surface area contributed by atoms with E-state index in [0.29, 0.717) is 6.54 Å². The van der Waals surface area contributed by atoms with Gasteiger partial charge in [0.05, 0.1) is 12.6 Å². The van der Waals surface area contributed by atoms with E-state index in [1.165, 1.54) is 0 Å². The van der Waals surface area contributed by atoms with Crippen LogP contribution < -0.4 is 16.4 Å². The molecule has 2 rings (SSSR count). The first-order valence-electron chi connectivity index (χ1n) is 7.75. The van der Waals surface area contributed by atoms with E-state index < -0.39 is 6.04 Å². The number of hydrogen-bond donors (Lipinski definition) is 3. The molecule has 2 aromatic rings. The Morgan fingerprint density at radius 3 is 2.38 bits per heavy atom. The Hall–Kier alpha value is -2.11. The second-order valence-electron chi connectivity index (χ2n) is 5.95. The van der Waals surface area contributed by atoms with Crippen LogP contribution >= 0.6 is 12.4 Å². The number of amides is 2. The van der Waals surface area contributed by atoms with Crippen LogP contribution in [0.3, 0.4) is 0 Å². The molecule has 0 saturated carbocycles. The average molecular weight is 350 g/mol. The maximum atomic E-state index is 11.8. The summed E-state index contributed by atoms with van der Waals surface area (Å²) in [7, 11) is 0. The summed E-state index contributed by atoms with van der Waals surface area (Å²) in [5.41, 5.74) is 6.74. The van der Waals surface area contributed by atoms with Crippen molar-refractivity contribution < 1.29 is 9.59 Å². The fourth-order valence-corrected chi connectivity index (χ4v) is 2.20. The summed E-state index contributed by atoms with van der Waals surface area (Å²) in [6.07, 6.45) is 0. The molecule has 2 aromatic carbocycles. The summed E-state index contributed by atoms with van der Waals surface area (Å²) in [6.45, 7) is 4.09. The highest BCUT2D eigenvalue weighted by Gasteiger charge is 2.17. The number of nitrogens with one attached hydrogen (secondary N) is 2. The normalized spacial score (nSPS) is 11.7. The van der Waals surface area contributed by atoms with Crippen LogP contribution in [-0.4, -0.2) is 24.4 Å². The van der Waals surface area contributed by atoms with Crippen LogP contribution in [0.2, 0.25) is 0 Å². The zero-order valence-electron chi connectivity index (χ0n) is 13.9. The van der Waals surface area contributed by atoms with Crippen LogP contribution in [-0.2, 0) is 16.1 Å². The molecule has 24 heavy (non-hydrogen) atoms. The van der Waals surface area contributed by atoms with Crippen molar-refractivity contribution in [3.05, 3.63) is 48.0 Å². The van der Waals surface area contributed by atoms with E-state index in [2.05, 4.69) is 10.6 Å². The van der Waals surface area contributed by atoms with Crippen LogP contribution in [0.5, 0.6) is 0 Å². The molecule has 0 radical (unpaired) electrons. The minimum atomic E-state index is -0.594. The Bertz CT molecular complexity index is 703. The standard InChI is InChI=1S/C18H23N3O2.ClH/c1-12(2)17(19)18(23)21-11-16(22)20-10-13-7-8-14-5-3-4-6-15(14)9-13;/h3-9,12,17H,10-11,19H2,1-2H3,(H,20,22)(H,21,23);1H/t17-;/m0./s1. The average Bonchev–Trinajstić information content (AvgIpc) is 2.56. The lowest BCUT2D eigenvalue weighted by Crippen LogP contribution is -2.47. The first-order valence-corrected chi connectivity index (χ1v) is 7.75. The Labute approximate surface area is 148 Å². The van der Waals surface area contributed by atoms with Crippen molar-refractivity contribution in [2.24, 2.45) is 11.7 Å². The predicted octanol–water partition coefficient (Wildman–Crippen LogP) is 1.98. The molecule has 0 heterocycles. The van der Waals surface area contributed by atoms with Crippen molar-refractivity contribution in [3.63, 3.8) is 0 Å². The highest BCUT2D eigenvalue weighted by atomic mass is 35.5. The molecule has 0 saturated heterocycles. The van der Waals surface area contributed by atoms with Gasteiger partial charge >= 0.3 is 0 Å². The van der Waals surface area contributed by atoms with Gasteiger partial charge in [0.2, 0.25) is 11.8 Å². The first kappa shape index (κ1) is 19.9. The van der Waals surface area contributed by atoms with E-state index in [1.54, 1.807) is 0 Å². The lowest BCUT2D eigenvalue weighted by atomic mass is 10.1. The van der Waals surface area contributed by atoms with Gasteiger partial charge in [-0.15, -0.1) is 12.4 Å². The van der Waals surface area contributed by atoms with Gasteiger partial charge < -0.3 is 16.4 Å². The van der Waals surface area contributed by atoms with Gasteiger partial charge in [-0.1, -0.05) is 50.2 Å². The minimum Gasteiger partial charge on any atom is -0.350 e. The molecule has 0 aliphatic rings. The van der Waals surface area contributed by atoms with Crippen molar-refractivity contribution in [1.29, 1.82) is 0 Å². The van der Waals surface area contributed by atoms with Gasteiger partial charge in [0.1, 0.15) is 0 Å². The molecule has 0 aliphatic heterocycles. The molecule has 4 N–H and O–H groups in total. The van der Waals surface area contributed by atoms with Crippen molar-refractivity contribution in [3.8, 4) is 0 Å². The molecule has 0 spiro atoms. The first-order chi connectivity index (χ1) is 11.0. The number of nitrogens with two attached hydrogens (primary N) is 1. The van der Waals surface area contributed by atoms with Gasteiger partial charge in [0.25, 0.3) is 0 Å². The molecule has 130 valence electrons. The Kier molecular flexibility index (Phi) is 7.68. The number of rotatable bonds is 6. The molecule has 1 atom stereocenters. The number of halogens is 1. The summed E-state index contributed by atoms with van der Waals surface area (Å²) >= 11 is 0. The molecular formula is C18H24ClN3O2. The van der Waals surface area contributed by atoms with E-state index in [1.807, 2.05) is 56.3 Å². The minimum absolute atomic E-state index is 0. The third-order valence-corrected chi connectivity index (χ3v) is 3.75. The van der Waals surface area contributed by atoms with Crippen LogP contribution in [0.1, 0.15) is 19.4 Å². The Balaban J connectivity index is 0.00000288. The molecule has 0 aromatic heterocycles. The van der Waals surface area contributed by atoms with E-state index in [4.69, 9.17) is 5.73 Å². The topological polar surface area (TPSA) is 84.2 Å². The number of hydrogen-bond acceptors (Lipinski definition) is 3. The van der Waals surface area contributed by atoms with Crippen molar-refractivity contribution in [1.82, 2.24) is 10.6 Å². The molecule has 0 aliphatic carbocycles. The van der Waals surface area contributed by atoms with Crippen LogP contribution in [0.25, 0.3) is 10.8 Å². The molecule has 5 nitrogen and oxygen atoms in total. The smallest absolute Gasteiger partial charge is 0.239 e. The molecule has 2 amide bonds. The van der Waals surface area contributed by atoms with Gasteiger partial charge in [-0.3, -0.25) is 9.59 Å². The summed E-state index contributed by atoms with van der Waals surface area (Å²) in [6, 6.07) is 13.5. The largest absolute Gasteiger partial charge is 0.350 e. The molecular weight excluding hydrogens is 326 g/mol. The zero-order chi connectivity index (χ0) is 16.8. The second kappa shape index (κ2) is 9.25. The van der Waals surface area contributed by atoms with Gasteiger partial charge in [0.15, 0.2) is 0 Å². The number of benzene rings is 2.